The van der Waals surface area contributed by atoms with Gasteiger partial charge in [0.25, 0.3) is 0 Å². The summed E-state index contributed by atoms with van der Waals surface area (Å²) >= 11 is 0. The Morgan fingerprint density at radius 1 is 1.50 bits per heavy atom. The van der Waals surface area contributed by atoms with Crippen molar-refractivity contribution in [2.75, 3.05) is 0 Å². The van der Waals surface area contributed by atoms with Crippen LogP contribution in [0.15, 0.2) is 18.3 Å². The zero-order chi connectivity index (χ0) is 13.5. The molecular weight excluding hydrogens is 229 g/mol. The first-order valence-corrected chi connectivity index (χ1v) is 6.32. The Bertz CT molecular complexity index is 566. The van der Waals surface area contributed by atoms with Gasteiger partial charge in [-0.15, -0.1) is 0 Å². The molecule has 4 heteroatoms. The summed E-state index contributed by atoms with van der Waals surface area (Å²) in [5.41, 5.74) is 6.88. The summed E-state index contributed by atoms with van der Waals surface area (Å²) in [6, 6.07) is 3.15. The molecule has 0 aliphatic heterocycles. The van der Waals surface area contributed by atoms with Crippen molar-refractivity contribution in [3.63, 3.8) is 0 Å². The number of halogens is 1. The lowest BCUT2D eigenvalue weighted by Gasteiger charge is -2.16. The first-order chi connectivity index (χ1) is 8.36. The third-order valence-electron chi connectivity index (χ3n) is 3.30. The molecule has 2 heterocycles. The fourth-order valence-corrected chi connectivity index (χ4v) is 2.12. The van der Waals surface area contributed by atoms with E-state index in [1.54, 1.807) is 10.5 Å². The van der Waals surface area contributed by atoms with Gasteiger partial charge in [0.15, 0.2) is 0 Å². The Kier molecular flexibility index (Phi) is 3.15. The van der Waals surface area contributed by atoms with Crippen LogP contribution in [0.3, 0.4) is 0 Å². The number of nitrogens with zero attached hydrogens (tertiary/aromatic N) is 2. The molecule has 2 aromatic heterocycles. The molecule has 0 aromatic carbocycles. The smallest absolute Gasteiger partial charge is 0.149 e. The van der Waals surface area contributed by atoms with E-state index in [2.05, 4.69) is 18.8 Å². The van der Waals surface area contributed by atoms with Crippen molar-refractivity contribution in [1.82, 2.24) is 9.38 Å². The van der Waals surface area contributed by atoms with E-state index in [9.17, 15) is 4.39 Å². The quantitative estimate of drug-likeness (QED) is 0.907. The summed E-state index contributed by atoms with van der Waals surface area (Å²) in [6.07, 6.45) is 2.74. The van der Waals surface area contributed by atoms with E-state index in [0.29, 0.717) is 11.3 Å². The van der Waals surface area contributed by atoms with Gasteiger partial charge in [-0.25, -0.2) is 9.37 Å². The third kappa shape index (κ3) is 2.01. The van der Waals surface area contributed by atoms with Crippen molar-refractivity contribution in [2.45, 2.75) is 45.6 Å². The van der Waals surface area contributed by atoms with Gasteiger partial charge >= 0.3 is 0 Å². The number of hydrogen-bond donors (Lipinski definition) is 1. The summed E-state index contributed by atoms with van der Waals surface area (Å²) in [5.74, 6) is 0.677. The van der Waals surface area contributed by atoms with Crippen LogP contribution in [0, 0.1) is 5.82 Å². The number of fused-ring (bicyclic) bond motifs is 1. The average Bonchev–Trinajstić information content (AvgIpc) is 2.68. The summed E-state index contributed by atoms with van der Waals surface area (Å²) in [4.78, 5) is 4.59. The molecular formula is C14H20FN3. The number of hydrogen-bond acceptors (Lipinski definition) is 2. The minimum atomic E-state index is -0.595. The van der Waals surface area contributed by atoms with Crippen LogP contribution in [0.2, 0.25) is 0 Å². The van der Waals surface area contributed by atoms with E-state index in [4.69, 9.17) is 5.73 Å². The fourth-order valence-electron chi connectivity index (χ4n) is 2.12. The Hall–Kier alpha value is -1.42. The normalized spacial score (nSPS) is 14.1. The van der Waals surface area contributed by atoms with Crippen LogP contribution in [0.5, 0.6) is 0 Å². The topological polar surface area (TPSA) is 43.3 Å². The second-order valence-electron chi connectivity index (χ2n) is 5.43. The molecule has 2 rings (SSSR count). The molecule has 0 spiro atoms. The molecule has 1 unspecified atom stereocenters. The minimum absolute atomic E-state index is 0.216. The highest BCUT2D eigenvalue weighted by molar-refractivity contribution is 5.56. The molecule has 98 valence electrons. The Balaban J connectivity index is 2.80. The first kappa shape index (κ1) is 13.0. The molecule has 0 fully saturated rings. The molecule has 0 amide bonds. The second kappa shape index (κ2) is 4.35. The Labute approximate surface area is 107 Å². The maximum absolute atomic E-state index is 14.0. The highest BCUT2D eigenvalue weighted by atomic mass is 19.1. The van der Waals surface area contributed by atoms with Gasteiger partial charge in [-0.1, -0.05) is 13.8 Å². The maximum atomic E-state index is 14.0. The lowest BCUT2D eigenvalue weighted by Crippen LogP contribution is -2.31. The van der Waals surface area contributed by atoms with Gasteiger partial charge in [-0.2, -0.15) is 0 Å². The van der Waals surface area contributed by atoms with Gasteiger partial charge < -0.3 is 5.73 Å². The van der Waals surface area contributed by atoms with E-state index < -0.39 is 5.54 Å². The van der Waals surface area contributed by atoms with Gasteiger partial charge in [0.1, 0.15) is 17.2 Å². The first-order valence-electron chi connectivity index (χ1n) is 6.32. The van der Waals surface area contributed by atoms with E-state index in [1.165, 1.54) is 6.07 Å². The zero-order valence-electron chi connectivity index (χ0n) is 11.4. The standard InChI is InChI=1S/C14H20FN3/c1-5-9(2)11-12-10(15)7-6-8-18(12)13(17-11)14(3,4)16/h6-9H,5,16H2,1-4H3. The van der Waals surface area contributed by atoms with Gasteiger partial charge in [0, 0.05) is 12.1 Å². The van der Waals surface area contributed by atoms with Gasteiger partial charge in [-0.05, 0) is 32.4 Å². The molecule has 0 saturated carbocycles. The SMILES string of the molecule is CCC(C)c1nc(C(C)(C)N)n2cccc(F)c12. The summed E-state index contributed by atoms with van der Waals surface area (Å²) in [7, 11) is 0. The maximum Gasteiger partial charge on any atom is 0.149 e. The lowest BCUT2D eigenvalue weighted by atomic mass is 10.0. The molecule has 18 heavy (non-hydrogen) atoms. The van der Waals surface area contributed by atoms with Crippen molar-refractivity contribution < 1.29 is 4.39 Å². The van der Waals surface area contributed by atoms with Crippen LogP contribution in [0.4, 0.5) is 4.39 Å². The molecule has 0 bridgehead atoms. The molecule has 3 nitrogen and oxygen atoms in total. The van der Waals surface area contributed by atoms with Crippen molar-refractivity contribution in [2.24, 2.45) is 5.73 Å². The van der Waals surface area contributed by atoms with Crippen molar-refractivity contribution in [3.05, 3.63) is 35.7 Å². The van der Waals surface area contributed by atoms with E-state index >= 15 is 0 Å². The molecule has 0 aliphatic rings. The zero-order valence-corrected chi connectivity index (χ0v) is 11.4. The fraction of sp³-hybridized carbons (Fsp3) is 0.500. The highest BCUT2D eigenvalue weighted by Gasteiger charge is 2.25. The molecule has 0 saturated heterocycles. The largest absolute Gasteiger partial charge is 0.319 e. The highest BCUT2D eigenvalue weighted by Crippen LogP contribution is 2.29. The minimum Gasteiger partial charge on any atom is -0.319 e. The molecule has 2 N–H and O–H groups in total. The number of nitrogens with two attached hydrogens (primary N) is 1. The van der Waals surface area contributed by atoms with Crippen LogP contribution in [-0.4, -0.2) is 9.38 Å². The van der Waals surface area contributed by atoms with Crippen LogP contribution >= 0.6 is 0 Å². The number of imidazole rings is 1. The van der Waals surface area contributed by atoms with E-state index in [-0.39, 0.29) is 11.7 Å². The predicted molar refractivity (Wildman–Crippen MR) is 71.1 cm³/mol. The molecule has 0 radical (unpaired) electrons. The Morgan fingerprint density at radius 2 is 2.17 bits per heavy atom. The van der Waals surface area contributed by atoms with Gasteiger partial charge in [-0.3, -0.25) is 4.40 Å². The predicted octanol–water partition coefficient (Wildman–Crippen LogP) is 3.18. The van der Waals surface area contributed by atoms with Crippen LogP contribution in [0.1, 0.15) is 51.6 Å². The van der Waals surface area contributed by atoms with Gasteiger partial charge in [0.05, 0.1) is 11.2 Å². The lowest BCUT2D eigenvalue weighted by molar-refractivity contribution is 0.508. The number of rotatable bonds is 3. The summed E-state index contributed by atoms with van der Waals surface area (Å²) < 4.78 is 15.8. The van der Waals surface area contributed by atoms with Gasteiger partial charge in [0.2, 0.25) is 0 Å². The van der Waals surface area contributed by atoms with Crippen LogP contribution in [0.25, 0.3) is 5.52 Å². The molecule has 1 atom stereocenters. The third-order valence-corrected chi connectivity index (χ3v) is 3.30. The second-order valence-corrected chi connectivity index (χ2v) is 5.43. The van der Waals surface area contributed by atoms with Crippen LogP contribution in [-0.2, 0) is 5.54 Å². The summed E-state index contributed by atoms with van der Waals surface area (Å²) in [6.45, 7) is 7.90. The number of aromatic nitrogens is 2. The summed E-state index contributed by atoms with van der Waals surface area (Å²) in [5, 5.41) is 0. The van der Waals surface area contributed by atoms with E-state index in [1.807, 2.05) is 20.0 Å². The van der Waals surface area contributed by atoms with Crippen molar-refractivity contribution >= 4 is 5.52 Å². The molecule has 2 aromatic rings. The average molecular weight is 249 g/mol. The monoisotopic (exact) mass is 249 g/mol. The molecule has 0 aliphatic carbocycles. The Morgan fingerprint density at radius 3 is 2.72 bits per heavy atom. The van der Waals surface area contributed by atoms with E-state index in [0.717, 1.165) is 12.1 Å². The van der Waals surface area contributed by atoms with Crippen molar-refractivity contribution in [3.8, 4) is 0 Å². The van der Waals surface area contributed by atoms with Crippen LogP contribution < -0.4 is 5.73 Å². The van der Waals surface area contributed by atoms with Crippen molar-refractivity contribution in [1.29, 1.82) is 0 Å². The number of pyridine rings is 1.